The fourth-order valence-electron chi connectivity index (χ4n) is 1.96. The first-order chi connectivity index (χ1) is 9.50. The maximum absolute atomic E-state index is 12.8. The average Bonchev–Trinajstić information content (AvgIpc) is 2.48. The summed E-state index contributed by atoms with van der Waals surface area (Å²) in [4.78, 5) is 13.5. The Balaban J connectivity index is 0.000000956. The molecule has 0 atom stereocenters. The van der Waals surface area contributed by atoms with Crippen molar-refractivity contribution in [3.8, 4) is 0 Å². The summed E-state index contributed by atoms with van der Waals surface area (Å²) in [5.74, 6) is -0.551. The number of hydrogen-bond donors (Lipinski definition) is 1. The van der Waals surface area contributed by atoms with E-state index >= 15 is 0 Å². The molecule has 2 rings (SSSR count). The predicted octanol–water partition coefficient (Wildman–Crippen LogP) is 2.78. The van der Waals surface area contributed by atoms with Crippen molar-refractivity contribution < 1.29 is 18.0 Å². The minimum atomic E-state index is -4.50. The third kappa shape index (κ3) is 3.96. The molecule has 6 heteroatoms. The minimum Gasteiger partial charge on any atom is -0.336 e. The van der Waals surface area contributed by atoms with Gasteiger partial charge in [0.25, 0.3) is 5.91 Å². The van der Waals surface area contributed by atoms with Gasteiger partial charge < -0.3 is 10.2 Å². The topological polar surface area (TPSA) is 32.3 Å². The molecule has 1 saturated heterocycles. The monoisotopic (exact) mass is 288 g/mol. The van der Waals surface area contributed by atoms with E-state index in [1.165, 1.54) is 23.1 Å². The Bertz CT molecular complexity index is 440. The molecule has 0 bridgehead atoms. The highest BCUT2D eigenvalue weighted by Gasteiger charge is 2.35. The van der Waals surface area contributed by atoms with Crippen molar-refractivity contribution in [1.82, 2.24) is 10.2 Å². The fraction of sp³-hybridized carbons (Fsp3) is 0.500. The first kappa shape index (κ1) is 16.5. The summed E-state index contributed by atoms with van der Waals surface area (Å²) in [6.45, 7) is 6.09. The molecule has 3 nitrogen and oxygen atoms in total. The molecule has 0 aliphatic carbocycles. The number of hydrogen-bond acceptors (Lipinski definition) is 2. The molecule has 1 aromatic rings. The zero-order valence-corrected chi connectivity index (χ0v) is 11.6. The number of nitrogens with one attached hydrogen (secondary N) is 1. The van der Waals surface area contributed by atoms with Gasteiger partial charge in [-0.25, -0.2) is 0 Å². The summed E-state index contributed by atoms with van der Waals surface area (Å²) in [5.41, 5.74) is -1.14. The quantitative estimate of drug-likeness (QED) is 0.862. The summed E-state index contributed by atoms with van der Waals surface area (Å²) >= 11 is 0. The van der Waals surface area contributed by atoms with E-state index in [1.807, 2.05) is 13.8 Å². The van der Waals surface area contributed by atoms with Crippen molar-refractivity contribution in [1.29, 1.82) is 0 Å². The SMILES string of the molecule is CC.O=C(c1ccccc1C(F)(F)F)N1CCNCC1. The van der Waals surface area contributed by atoms with Crippen molar-refractivity contribution in [2.45, 2.75) is 20.0 Å². The van der Waals surface area contributed by atoms with E-state index in [1.54, 1.807) is 0 Å². The molecule has 1 amide bonds. The third-order valence-electron chi connectivity index (χ3n) is 2.87. The van der Waals surface area contributed by atoms with Crippen LogP contribution in [0.5, 0.6) is 0 Å². The Morgan fingerprint density at radius 3 is 2.25 bits per heavy atom. The van der Waals surface area contributed by atoms with Crippen molar-refractivity contribution >= 4 is 5.91 Å². The maximum Gasteiger partial charge on any atom is 0.417 e. The highest BCUT2D eigenvalue weighted by Crippen LogP contribution is 2.32. The zero-order valence-electron chi connectivity index (χ0n) is 11.6. The Labute approximate surface area is 116 Å². The van der Waals surface area contributed by atoms with Crippen molar-refractivity contribution in [2.24, 2.45) is 0 Å². The second kappa shape index (κ2) is 7.28. The van der Waals surface area contributed by atoms with Gasteiger partial charge in [0.15, 0.2) is 0 Å². The van der Waals surface area contributed by atoms with Gasteiger partial charge in [-0.3, -0.25) is 4.79 Å². The molecular weight excluding hydrogens is 269 g/mol. The van der Waals surface area contributed by atoms with Crippen LogP contribution in [0.1, 0.15) is 29.8 Å². The lowest BCUT2D eigenvalue weighted by Crippen LogP contribution is -2.46. The molecule has 1 heterocycles. The summed E-state index contributed by atoms with van der Waals surface area (Å²) < 4.78 is 38.4. The van der Waals surface area contributed by atoms with Crippen LogP contribution in [-0.2, 0) is 6.18 Å². The van der Waals surface area contributed by atoms with E-state index < -0.39 is 17.6 Å². The van der Waals surface area contributed by atoms with Crippen molar-refractivity contribution in [3.05, 3.63) is 35.4 Å². The van der Waals surface area contributed by atoms with Crippen LogP contribution >= 0.6 is 0 Å². The number of carbonyl (C=O) groups is 1. The van der Waals surface area contributed by atoms with Crippen LogP contribution in [0.3, 0.4) is 0 Å². The highest BCUT2D eigenvalue weighted by atomic mass is 19.4. The Kier molecular flexibility index (Phi) is 6.01. The van der Waals surface area contributed by atoms with E-state index in [0.717, 1.165) is 6.07 Å². The predicted molar refractivity (Wildman–Crippen MR) is 71.6 cm³/mol. The maximum atomic E-state index is 12.8. The minimum absolute atomic E-state index is 0.271. The number of alkyl halides is 3. The number of amides is 1. The molecule has 0 saturated carbocycles. The second-order valence-corrected chi connectivity index (χ2v) is 4.09. The summed E-state index contributed by atoms with van der Waals surface area (Å²) in [6, 6.07) is 4.91. The molecule has 1 aliphatic heterocycles. The Morgan fingerprint density at radius 2 is 1.70 bits per heavy atom. The van der Waals surface area contributed by atoms with E-state index in [9.17, 15) is 18.0 Å². The number of halogens is 3. The normalized spacial score (nSPS) is 15.3. The van der Waals surface area contributed by atoms with Crippen molar-refractivity contribution in [3.63, 3.8) is 0 Å². The smallest absolute Gasteiger partial charge is 0.336 e. The number of piperazine rings is 1. The van der Waals surface area contributed by atoms with Gasteiger partial charge in [0.2, 0.25) is 0 Å². The molecule has 1 aliphatic rings. The molecule has 0 radical (unpaired) electrons. The first-order valence-corrected chi connectivity index (χ1v) is 6.66. The van der Waals surface area contributed by atoms with E-state index in [2.05, 4.69) is 5.32 Å². The molecule has 0 spiro atoms. The van der Waals surface area contributed by atoms with Gasteiger partial charge in [-0.15, -0.1) is 0 Å². The van der Waals surface area contributed by atoms with Crippen molar-refractivity contribution in [2.75, 3.05) is 26.2 Å². The van der Waals surface area contributed by atoms with Crippen LogP contribution in [0.2, 0.25) is 0 Å². The van der Waals surface area contributed by atoms with E-state index in [4.69, 9.17) is 0 Å². The number of rotatable bonds is 1. The van der Waals surface area contributed by atoms with E-state index in [-0.39, 0.29) is 5.56 Å². The summed E-state index contributed by atoms with van der Waals surface area (Å²) in [5, 5.41) is 3.05. The average molecular weight is 288 g/mol. The van der Waals surface area contributed by atoms with Gasteiger partial charge in [0.1, 0.15) is 0 Å². The van der Waals surface area contributed by atoms with Gasteiger partial charge in [-0.2, -0.15) is 13.2 Å². The lowest BCUT2D eigenvalue weighted by Gasteiger charge is -2.28. The van der Waals surface area contributed by atoms with Crippen LogP contribution < -0.4 is 5.32 Å². The largest absolute Gasteiger partial charge is 0.417 e. The van der Waals surface area contributed by atoms with E-state index in [0.29, 0.717) is 26.2 Å². The van der Waals surface area contributed by atoms with Crippen LogP contribution in [0.25, 0.3) is 0 Å². The molecular formula is C14H19F3N2O. The number of nitrogens with zero attached hydrogens (tertiary/aromatic N) is 1. The highest BCUT2D eigenvalue weighted by molar-refractivity contribution is 5.96. The lowest BCUT2D eigenvalue weighted by atomic mass is 10.1. The number of carbonyl (C=O) groups excluding carboxylic acids is 1. The molecule has 1 aromatic carbocycles. The molecule has 1 fully saturated rings. The van der Waals surface area contributed by atoms with Gasteiger partial charge in [0.05, 0.1) is 11.1 Å². The first-order valence-electron chi connectivity index (χ1n) is 6.66. The Hall–Kier alpha value is -1.56. The van der Waals surface area contributed by atoms with Crippen LogP contribution in [0.15, 0.2) is 24.3 Å². The van der Waals surface area contributed by atoms with Gasteiger partial charge in [0, 0.05) is 26.2 Å². The van der Waals surface area contributed by atoms with Crippen LogP contribution in [-0.4, -0.2) is 37.0 Å². The Morgan fingerprint density at radius 1 is 1.15 bits per heavy atom. The standard InChI is InChI=1S/C12H13F3N2O.C2H6/c13-12(14,15)10-4-2-1-3-9(10)11(18)17-7-5-16-6-8-17;1-2/h1-4,16H,5-8H2;1-2H3. The summed E-state index contributed by atoms with van der Waals surface area (Å²) in [7, 11) is 0. The second-order valence-electron chi connectivity index (χ2n) is 4.09. The summed E-state index contributed by atoms with van der Waals surface area (Å²) in [6.07, 6.45) is -4.50. The van der Waals surface area contributed by atoms with Crippen LogP contribution in [0.4, 0.5) is 13.2 Å². The molecule has 0 unspecified atom stereocenters. The molecule has 1 N–H and O–H groups in total. The van der Waals surface area contributed by atoms with Gasteiger partial charge in [-0.05, 0) is 12.1 Å². The molecule has 112 valence electrons. The fourth-order valence-corrected chi connectivity index (χ4v) is 1.96. The molecule has 20 heavy (non-hydrogen) atoms. The zero-order chi connectivity index (χ0) is 15.2. The number of benzene rings is 1. The van der Waals surface area contributed by atoms with Crippen LogP contribution in [0, 0.1) is 0 Å². The van der Waals surface area contributed by atoms with Gasteiger partial charge in [-0.1, -0.05) is 26.0 Å². The third-order valence-corrected chi connectivity index (χ3v) is 2.87. The van der Waals surface area contributed by atoms with Gasteiger partial charge >= 0.3 is 6.18 Å². The molecule has 0 aromatic heterocycles. The lowest BCUT2D eigenvalue weighted by molar-refractivity contribution is -0.138.